The number of carbonyl (C=O) groups excluding carboxylic acids is 1. The average molecular weight is 393 g/mol. The molecule has 0 aliphatic heterocycles. The number of rotatable bonds is 6. The summed E-state index contributed by atoms with van der Waals surface area (Å²) in [6.07, 6.45) is 6.09. The Morgan fingerprint density at radius 3 is 2.79 bits per heavy atom. The highest BCUT2D eigenvalue weighted by Crippen LogP contribution is 2.40. The fourth-order valence-electron chi connectivity index (χ4n) is 3.52. The minimum absolute atomic E-state index is 0.172. The number of amides is 1. The molecule has 150 valence electrons. The second kappa shape index (κ2) is 7.62. The number of aromatic amines is 1. The van der Waals surface area contributed by atoms with Crippen molar-refractivity contribution in [2.45, 2.75) is 45.2 Å². The summed E-state index contributed by atoms with van der Waals surface area (Å²) in [4.78, 5) is 50.9. The van der Waals surface area contributed by atoms with Crippen LogP contribution in [0, 0.1) is 0 Å². The summed E-state index contributed by atoms with van der Waals surface area (Å²) in [7, 11) is 1.69. The molecule has 1 saturated carbocycles. The third-order valence-corrected chi connectivity index (χ3v) is 5.13. The van der Waals surface area contributed by atoms with E-state index < -0.39 is 11.2 Å². The van der Waals surface area contributed by atoms with Crippen LogP contribution in [-0.2, 0) is 13.1 Å². The van der Waals surface area contributed by atoms with Crippen LogP contribution in [0.4, 0.5) is 0 Å². The molecule has 0 bridgehead atoms. The Morgan fingerprint density at radius 2 is 2.14 bits per heavy atom. The van der Waals surface area contributed by atoms with Crippen molar-refractivity contribution in [3.8, 4) is 0 Å². The SMILES string of the molecule is CCCn1c(=O)[nH]c(=O)c2c(C(=O)N(C)Cc3cccnc3)cc(C3CC3)nc21. The lowest BCUT2D eigenvalue weighted by molar-refractivity contribution is 0.0786. The second-order valence-corrected chi connectivity index (χ2v) is 7.50. The predicted molar refractivity (Wildman–Crippen MR) is 109 cm³/mol. The molecular formula is C21H23N5O3. The summed E-state index contributed by atoms with van der Waals surface area (Å²) >= 11 is 0. The Labute approximate surface area is 167 Å². The molecule has 1 aliphatic carbocycles. The Balaban J connectivity index is 1.86. The van der Waals surface area contributed by atoms with E-state index in [1.807, 2.05) is 19.1 Å². The van der Waals surface area contributed by atoms with E-state index in [2.05, 4.69) is 15.0 Å². The van der Waals surface area contributed by atoms with Gasteiger partial charge in [0.15, 0.2) is 5.65 Å². The molecule has 8 nitrogen and oxygen atoms in total. The van der Waals surface area contributed by atoms with Crippen LogP contribution in [0.1, 0.15) is 53.7 Å². The highest BCUT2D eigenvalue weighted by atomic mass is 16.2. The lowest BCUT2D eigenvalue weighted by Crippen LogP contribution is -2.34. The van der Waals surface area contributed by atoms with Gasteiger partial charge in [-0.3, -0.25) is 24.1 Å². The predicted octanol–water partition coefficient (Wildman–Crippen LogP) is 2.04. The summed E-state index contributed by atoms with van der Waals surface area (Å²) in [6.45, 7) is 2.73. The lowest BCUT2D eigenvalue weighted by Gasteiger charge is -2.19. The number of H-pyrrole nitrogens is 1. The molecule has 0 aromatic carbocycles. The van der Waals surface area contributed by atoms with E-state index in [0.717, 1.165) is 24.1 Å². The van der Waals surface area contributed by atoms with Gasteiger partial charge >= 0.3 is 5.69 Å². The van der Waals surface area contributed by atoms with Crippen LogP contribution in [0.3, 0.4) is 0 Å². The fourth-order valence-corrected chi connectivity index (χ4v) is 3.52. The number of aryl methyl sites for hydroxylation is 1. The van der Waals surface area contributed by atoms with Crippen molar-refractivity contribution >= 4 is 16.9 Å². The Morgan fingerprint density at radius 1 is 1.34 bits per heavy atom. The molecule has 0 atom stereocenters. The monoisotopic (exact) mass is 393 g/mol. The van der Waals surface area contributed by atoms with Gasteiger partial charge < -0.3 is 4.90 Å². The zero-order valence-corrected chi connectivity index (χ0v) is 16.5. The molecule has 0 unspecified atom stereocenters. The molecule has 29 heavy (non-hydrogen) atoms. The highest BCUT2D eigenvalue weighted by molar-refractivity contribution is 6.05. The standard InChI is InChI=1S/C21H23N5O3/c1-3-9-26-18-17(19(27)24-21(26)29)15(10-16(23-18)14-6-7-14)20(28)25(2)12-13-5-4-8-22-11-13/h4-5,8,10-11,14H,3,6-7,9,12H2,1-2H3,(H,24,27,29). The Kier molecular flexibility index (Phi) is 5.00. The van der Waals surface area contributed by atoms with Crippen molar-refractivity contribution in [3.63, 3.8) is 0 Å². The van der Waals surface area contributed by atoms with Crippen molar-refractivity contribution in [2.75, 3.05) is 7.05 Å². The molecule has 1 aliphatic rings. The summed E-state index contributed by atoms with van der Waals surface area (Å²) < 4.78 is 1.46. The molecule has 1 N–H and O–H groups in total. The van der Waals surface area contributed by atoms with Crippen LogP contribution >= 0.6 is 0 Å². The third-order valence-electron chi connectivity index (χ3n) is 5.13. The van der Waals surface area contributed by atoms with Crippen molar-refractivity contribution in [2.24, 2.45) is 0 Å². The molecule has 0 spiro atoms. The van der Waals surface area contributed by atoms with Gasteiger partial charge in [0, 0.05) is 44.1 Å². The number of fused-ring (bicyclic) bond motifs is 1. The molecule has 0 radical (unpaired) electrons. The molecule has 0 saturated heterocycles. The van der Waals surface area contributed by atoms with Crippen LogP contribution in [-0.4, -0.2) is 37.4 Å². The first-order valence-electron chi connectivity index (χ1n) is 9.81. The van der Waals surface area contributed by atoms with Gasteiger partial charge in [0.2, 0.25) is 0 Å². The second-order valence-electron chi connectivity index (χ2n) is 7.50. The number of aromatic nitrogens is 4. The van der Waals surface area contributed by atoms with E-state index >= 15 is 0 Å². The van der Waals surface area contributed by atoms with Gasteiger partial charge in [-0.2, -0.15) is 0 Å². The summed E-state index contributed by atoms with van der Waals surface area (Å²) in [6, 6.07) is 5.43. The van der Waals surface area contributed by atoms with E-state index in [9.17, 15) is 14.4 Å². The Bertz CT molecular complexity index is 1180. The number of carbonyl (C=O) groups is 1. The van der Waals surface area contributed by atoms with Gasteiger partial charge in [0.1, 0.15) is 0 Å². The quantitative estimate of drug-likeness (QED) is 0.691. The first kappa shape index (κ1) is 19.0. The maximum Gasteiger partial charge on any atom is 0.329 e. The zero-order valence-electron chi connectivity index (χ0n) is 16.5. The van der Waals surface area contributed by atoms with Crippen LogP contribution < -0.4 is 11.2 Å². The van der Waals surface area contributed by atoms with E-state index in [-0.39, 0.29) is 22.8 Å². The van der Waals surface area contributed by atoms with Crippen molar-refractivity contribution in [1.29, 1.82) is 0 Å². The molecule has 1 amide bonds. The topological polar surface area (TPSA) is 101 Å². The van der Waals surface area contributed by atoms with Crippen LogP contribution in [0.15, 0.2) is 40.2 Å². The van der Waals surface area contributed by atoms with E-state index in [1.165, 1.54) is 4.57 Å². The Hall–Kier alpha value is -3.29. The lowest BCUT2D eigenvalue weighted by atomic mass is 10.1. The van der Waals surface area contributed by atoms with Gasteiger partial charge in [-0.1, -0.05) is 13.0 Å². The van der Waals surface area contributed by atoms with Crippen molar-refractivity contribution in [1.82, 2.24) is 24.4 Å². The molecule has 4 rings (SSSR count). The zero-order chi connectivity index (χ0) is 20.5. The normalized spacial score (nSPS) is 13.6. The third kappa shape index (κ3) is 3.70. The first-order valence-corrected chi connectivity index (χ1v) is 9.81. The molecule has 1 fully saturated rings. The number of nitrogens with one attached hydrogen (secondary N) is 1. The maximum atomic E-state index is 13.3. The minimum atomic E-state index is -0.578. The van der Waals surface area contributed by atoms with E-state index in [4.69, 9.17) is 0 Å². The summed E-state index contributed by atoms with van der Waals surface area (Å²) in [5.74, 6) is -0.00519. The highest BCUT2D eigenvalue weighted by Gasteiger charge is 2.29. The molecule has 3 aromatic rings. The average Bonchev–Trinajstić information content (AvgIpc) is 3.55. The van der Waals surface area contributed by atoms with E-state index in [0.29, 0.717) is 25.2 Å². The van der Waals surface area contributed by atoms with Crippen LogP contribution in [0.2, 0.25) is 0 Å². The maximum absolute atomic E-state index is 13.3. The van der Waals surface area contributed by atoms with Crippen LogP contribution in [0.25, 0.3) is 11.0 Å². The van der Waals surface area contributed by atoms with Crippen LogP contribution in [0.5, 0.6) is 0 Å². The molecular weight excluding hydrogens is 370 g/mol. The number of hydrogen-bond donors (Lipinski definition) is 1. The van der Waals surface area contributed by atoms with Gasteiger partial charge in [0.05, 0.1) is 10.9 Å². The van der Waals surface area contributed by atoms with Crippen molar-refractivity contribution < 1.29 is 4.79 Å². The number of pyridine rings is 2. The fraction of sp³-hybridized carbons (Fsp3) is 0.381. The number of nitrogens with zero attached hydrogens (tertiary/aromatic N) is 4. The first-order chi connectivity index (χ1) is 14.0. The minimum Gasteiger partial charge on any atom is -0.337 e. The van der Waals surface area contributed by atoms with Gasteiger partial charge in [-0.25, -0.2) is 9.78 Å². The largest absolute Gasteiger partial charge is 0.337 e. The summed E-state index contributed by atoms with van der Waals surface area (Å²) in [5.41, 5.74) is 1.17. The van der Waals surface area contributed by atoms with Gasteiger partial charge in [-0.15, -0.1) is 0 Å². The molecule has 8 heteroatoms. The number of hydrogen-bond acceptors (Lipinski definition) is 5. The summed E-state index contributed by atoms with van der Waals surface area (Å²) in [5, 5.41) is 0.172. The molecule has 3 heterocycles. The van der Waals surface area contributed by atoms with Gasteiger partial charge in [-0.05, 0) is 37.0 Å². The van der Waals surface area contributed by atoms with E-state index in [1.54, 1.807) is 30.4 Å². The smallest absolute Gasteiger partial charge is 0.329 e. The van der Waals surface area contributed by atoms with Crippen molar-refractivity contribution in [3.05, 3.63) is 68.3 Å². The molecule has 3 aromatic heterocycles. The van der Waals surface area contributed by atoms with Gasteiger partial charge in [0.25, 0.3) is 11.5 Å².